The van der Waals surface area contributed by atoms with E-state index in [0.29, 0.717) is 17.7 Å². The second kappa shape index (κ2) is 28.0. The second-order valence-corrected chi connectivity index (χ2v) is 18.5. The molecule has 74 heavy (non-hydrogen) atoms. The zero-order valence-electron chi connectivity index (χ0n) is 40.5. The van der Waals surface area contributed by atoms with Crippen LogP contribution in [-0.2, 0) is 51.9 Å². The Bertz CT molecular complexity index is 2750. The predicted molar refractivity (Wildman–Crippen MR) is 268 cm³/mol. The largest absolute Gasteiger partial charge is 0.494 e. The number of nitrogens with zero attached hydrogens (tertiary/aromatic N) is 2. The first kappa shape index (κ1) is 56.5. The quantitative estimate of drug-likeness (QED) is 0.0240. The van der Waals surface area contributed by atoms with E-state index in [1.54, 1.807) is 44.2 Å². The van der Waals surface area contributed by atoms with E-state index in [-0.39, 0.29) is 67.3 Å². The number of rotatable bonds is 21. The van der Waals surface area contributed by atoms with Crippen molar-refractivity contribution in [1.82, 2.24) is 47.5 Å². The molecule has 0 spiro atoms. The third-order valence-electron chi connectivity index (χ3n) is 11.1. The number of pyridine rings is 1. The van der Waals surface area contributed by atoms with Crippen molar-refractivity contribution in [2.75, 3.05) is 31.7 Å². The minimum absolute atomic E-state index is 0.00783. The molecular weight excluding hydrogens is 983 g/mol. The highest BCUT2D eigenvalue weighted by atomic mass is 32.2. The lowest BCUT2D eigenvalue weighted by Crippen LogP contribution is -2.59. The van der Waals surface area contributed by atoms with Gasteiger partial charge >= 0.3 is 12.0 Å². The molecule has 0 aliphatic carbocycles. The molecular formula is C49H59N11O13S. The van der Waals surface area contributed by atoms with Crippen LogP contribution in [0, 0.1) is 5.92 Å². The molecule has 1 saturated heterocycles. The number of carboxylic acids is 1. The van der Waals surface area contributed by atoms with Gasteiger partial charge in [-0.15, -0.1) is 0 Å². The van der Waals surface area contributed by atoms with E-state index < -0.39 is 101 Å². The maximum Gasteiger partial charge on any atom is 0.315 e. The third kappa shape index (κ3) is 18.6. The molecule has 5 rings (SSSR count). The van der Waals surface area contributed by atoms with Crippen LogP contribution in [0.2, 0.25) is 0 Å². The molecule has 0 radical (unpaired) electrons. The number of hydrazone groups is 1. The number of aromatic nitrogens is 1. The average molecular weight is 1040 g/mol. The molecule has 1 aromatic heterocycles. The van der Waals surface area contributed by atoms with E-state index in [1.807, 2.05) is 30.3 Å². The molecule has 1 fully saturated rings. The van der Waals surface area contributed by atoms with E-state index in [0.717, 1.165) is 5.56 Å². The summed E-state index contributed by atoms with van der Waals surface area (Å²) in [6.07, 6.45) is 2.14. The minimum Gasteiger partial charge on any atom is -0.494 e. The van der Waals surface area contributed by atoms with Crippen LogP contribution in [0.5, 0.6) is 5.75 Å². The number of carbonyl (C=O) groups is 8. The van der Waals surface area contributed by atoms with Crippen LogP contribution in [0.3, 0.4) is 0 Å². The molecule has 4 aromatic rings. The highest BCUT2D eigenvalue weighted by Crippen LogP contribution is 2.16. The van der Waals surface area contributed by atoms with E-state index in [4.69, 9.17) is 4.74 Å². The number of benzene rings is 3. The highest BCUT2D eigenvalue weighted by molar-refractivity contribution is 7.86. The van der Waals surface area contributed by atoms with Crippen LogP contribution < -0.4 is 52.7 Å². The number of anilines is 1. The maximum atomic E-state index is 14.0. The van der Waals surface area contributed by atoms with Gasteiger partial charge in [-0.2, -0.15) is 13.5 Å². The first-order valence-corrected chi connectivity index (χ1v) is 24.9. The lowest BCUT2D eigenvalue weighted by Gasteiger charge is -2.27. The highest BCUT2D eigenvalue weighted by Gasteiger charge is 2.34. The summed E-state index contributed by atoms with van der Waals surface area (Å²) in [5.74, 6) is -5.91. The molecule has 2 heterocycles. The number of aliphatic carboxylic acids is 1. The summed E-state index contributed by atoms with van der Waals surface area (Å²) < 4.78 is 38.4. The minimum atomic E-state index is -4.46. The second-order valence-electron chi connectivity index (χ2n) is 17.1. The summed E-state index contributed by atoms with van der Waals surface area (Å²) >= 11 is 0. The van der Waals surface area contributed by atoms with Gasteiger partial charge in [0.15, 0.2) is 0 Å². The van der Waals surface area contributed by atoms with Gasteiger partial charge in [0.2, 0.25) is 29.5 Å². The molecule has 3 aromatic carbocycles. The Morgan fingerprint density at radius 1 is 0.770 bits per heavy atom. The van der Waals surface area contributed by atoms with Gasteiger partial charge in [0.1, 0.15) is 40.6 Å². The van der Waals surface area contributed by atoms with Gasteiger partial charge in [-0.25, -0.2) is 9.78 Å². The molecule has 0 unspecified atom stereocenters. The standard InChI is InChI=1S/C49H59N11O13S/c1-30(2)43-48(68)57-36(13-8-21-51-49(69)54-26-32-10-4-3-5-11-32)45(65)53-29-41(61)56-38(25-42(62)63)46(66)58-37(47(67)59-43)24-31-15-18-35(19-16-31)73-23-9-22-50-44(64)34-17-20-40(52-27-34)60-55-28-33-12-6-7-14-39(33)74(70,71)72/h3-7,10-12,14-20,27-28,30,36-38,43H,8-9,13,21-26,29H2,1-2H3,(H,50,64)(H,52,60)(H,53,65)(H,56,61)(H,57,68)(H,58,66)(H,59,67)(H,62,63)(H2,51,54,69)(H,70,71,72)/b55-28+/t36-,37+,38-,43-/m0/s1. The number of carboxylic acid groups (broad SMARTS) is 1. The molecule has 0 saturated carbocycles. The summed E-state index contributed by atoms with van der Waals surface area (Å²) in [6.45, 7) is 3.48. The van der Waals surface area contributed by atoms with E-state index >= 15 is 0 Å². The SMILES string of the molecule is CC(C)[C@@H]1NC(=O)[C@@H](Cc2ccc(OCCCNC(=O)c3ccc(N/N=C/c4ccccc4S(=O)(=O)O)nc3)cc2)NC(=O)[C@H](CC(=O)O)NC(=O)CNC(=O)[C@H](CCCNC(=O)NCc2ccccc2)NC1=O. The smallest absolute Gasteiger partial charge is 0.315 e. The van der Waals surface area contributed by atoms with Crippen LogP contribution in [-0.4, -0.2) is 127 Å². The van der Waals surface area contributed by atoms with Crippen molar-refractivity contribution in [2.45, 2.75) is 81.6 Å². The molecule has 1 aliphatic heterocycles. The Labute approximate surface area is 426 Å². The van der Waals surface area contributed by atoms with Gasteiger partial charge in [0.05, 0.1) is 31.4 Å². The van der Waals surface area contributed by atoms with Crippen LogP contribution in [0.15, 0.2) is 107 Å². The molecule has 0 bridgehead atoms. The Morgan fingerprint density at radius 2 is 1.46 bits per heavy atom. The van der Waals surface area contributed by atoms with Gasteiger partial charge in [0, 0.05) is 37.8 Å². The lowest BCUT2D eigenvalue weighted by atomic mass is 9.99. The molecule has 11 N–H and O–H groups in total. The Hall–Kier alpha value is -8.45. The van der Waals surface area contributed by atoms with Gasteiger partial charge in [-0.1, -0.05) is 74.5 Å². The first-order chi connectivity index (χ1) is 35.4. The summed E-state index contributed by atoms with van der Waals surface area (Å²) in [4.78, 5) is 109. The van der Waals surface area contributed by atoms with Crippen LogP contribution in [0.25, 0.3) is 0 Å². The zero-order chi connectivity index (χ0) is 53.6. The molecule has 1 aliphatic rings. The summed E-state index contributed by atoms with van der Waals surface area (Å²) in [6, 6.07) is 18.5. The summed E-state index contributed by atoms with van der Waals surface area (Å²) in [5, 5.41) is 34.3. The predicted octanol–water partition coefficient (Wildman–Crippen LogP) is 0.995. The fourth-order valence-corrected chi connectivity index (χ4v) is 7.85. The van der Waals surface area contributed by atoms with Crippen molar-refractivity contribution in [1.29, 1.82) is 0 Å². The van der Waals surface area contributed by atoms with Crippen molar-refractivity contribution < 1.29 is 61.2 Å². The van der Waals surface area contributed by atoms with Gasteiger partial charge in [-0.3, -0.25) is 43.5 Å². The van der Waals surface area contributed by atoms with Crippen molar-refractivity contribution in [2.24, 2.45) is 11.0 Å². The third-order valence-corrected chi connectivity index (χ3v) is 12.0. The summed E-state index contributed by atoms with van der Waals surface area (Å²) in [5.41, 5.74) is 4.44. The fraction of sp³-hybridized carbons (Fsp3) is 0.347. The van der Waals surface area contributed by atoms with Crippen molar-refractivity contribution in [3.05, 3.63) is 119 Å². The number of hydrogen-bond donors (Lipinski definition) is 11. The molecule has 8 amide bonds. The van der Waals surface area contributed by atoms with Gasteiger partial charge < -0.3 is 52.4 Å². The summed E-state index contributed by atoms with van der Waals surface area (Å²) in [7, 11) is -4.46. The fourth-order valence-electron chi connectivity index (χ4n) is 7.18. The Balaban J connectivity index is 1.15. The Kier molecular flexibility index (Phi) is 21.3. The van der Waals surface area contributed by atoms with Gasteiger partial charge in [0.25, 0.3) is 16.0 Å². The molecule has 394 valence electrons. The molecule has 24 nitrogen and oxygen atoms in total. The van der Waals surface area contributed by atoms with E-state index in [9.17, 15) is 56.4 Å². The number of ether oxygens (including phenoxy) is 1. The van der Waals surface area contributed by atoms with Crippen molar-refractivity contribution >= 4 is 69.6 Å². The molecule has 25 heteroatoms. The molecule has 4 atom stereocenters. The Morgan fingerprint density at radius 3 is 2.15 bits per heavy atom. The number of carbonyl (C=O) groups excluding carboxylic acids is 7. The topological polar surface area (TPSA) is 354 Å². The van der Waals surface area contributed by atoms with E-state index in [2.05, 4.69) is 58.0 Å². The normalized spacial score (nSPS) is 17.8. The number of nitrogens with one attached hydrogen (secondary N) is 9. The number of hydrogen-bond acceptors (Lipinski definition) is 14. The zero-order valence-corrected chi connectivity index (χ0v) is 41.3. The van der Waals surface area contributed by atoms with Crippen LogP contribution in [0.1, 0.15) is 66.6 Å². The van der Waals surface area contributed by atoms with E-state index in [1.165, 1.54) is 42.7 Å². The number of urea groups is 1. The number of amides is 8. The van der Waals surface area contributed by atoms with Gasteiger partial charge in [-0.05, 0) is 66.6 Å². The average Bonchev–Trinajstić information content (AvgIpc) is 3.37. The van der Waals surface area contributed by atoms with Crippen LogP contribution in [0.4, 0.5) is 10.6 Å². The maximum absolute atomic E-state index is 14.0. The lowest BCUT2D eigenvalue weighted by molar-refractivity contribution is -0.141. The monoisotopic (exact) mass is 1040 g/mol. The van der Waals surface area contributed by atoms with Crippen LogP contribution >= 0.6 is 0 Å². The van der Waals surface area contributed by atoms with Crippen molar-refractivity contribution in [3.63, 3.8) is 0 Å². The first-order valence-electron chi connectivity index (χ1n) is 23.4. The van der Waals surface area contributed by atoms with Crippen molar-refractivity contribution in [3.8, 4) is 5.75 Å².